The smallest absolute Gasteiger partial charge is 0.416 e. The van der Waals surface area contributed by atoms with Gasteiger partial charge in [0.05, 0.1) is 39.0 Å². The van der Waals surface area contributed by atoms with Crippen LogP contribution in [0.25, 0.3) is 0 Å². The summed E-state index contributed by atoms with van der Waals surface area (Å²) in [5, 5.41) is 0.382. The van der Waals surface area contributed by atoms with Crippen LogP contribution < -0.4 is 14.2 Å². The average Bonchev–Trinajstić information content (AvgIpc) is 2.78. The minimum Gasteiger partial charge on any atom is -0.493 e. The first kappa shape index (κ1) is 23.8. The summed E-state index contributed by atoms with van der Waals surface area (Å²) in [5.74, 6) is 1.79. The Morgan fingerprint density at radius 3 is 2.38 bits per heavy atom. The van der Waals surface area contributed by atoms with E-state index in [1.807, 2.05) is 0 Å². The highest BCUT2D eigenvalue weighted by Crippen LogP contribution is 2.38. The van der Waals surface area contributed by atoms with Crippen LogP contribution >= 0.6 is 11.8 Å². The summed E-state index contributed by atoms with van der Waals surface area (Å²) in [7, 11) is 4.47. The molecule has 0 atom stereocenters. The molecule has 10 heteroatoms. The van der Waals surface area contributed by atoms with Crippen LogP contribution in [0.3, 0.4) is 0 Å². The molecule has 0 radical (unpaired) electrons. The molecule has 3 rings (SSSR count). The zero-order valence-electron chi connectivity index (χ0n) is 17.9. The highest BCUT2D eigenvalue weighted by molar-refractivity contribution is 8.13. The summed E-state index contributed by atoms with van der Waals surface area (Å²) in [6.07, 6.45) is -3.66. The first-order valence-electron chi connectivity index (χ1n) is 9.74. The highest BCUT2D eigenvalue weighted by atomic mass is 32.2. The van der Waals surface area contributed by atoms with E-state index >= 15 is 0 Å². The van der Waals surface area contributed by atoms with Crippen LogP contribution in [0.5, 0.6) is 17.2 Å². The molecule has 1 aliphatic heterocycles. The normalized spacial score (nSPS) is 15.6. The molecular formula is C22H23F3N2O4S. The monoisotopic (exact) mass is 468 g/mol. The van der Waals surface area contributed by atoms with Crippen molar-refractivity contribution in [3.05, 3.63) is 47.5 Å². The first-order chi connectivity index (χ1) is 15.3. The molecular weight excluding hydrogens is 445 g/mol. The number of nitrogens with zero attached hydrogens (tertiary/aromatic N) is 2. The van der Waals surface area contributed by atoms with Crippen molar-refractivity contribution in [2.75, 3.05) is 33.6 Å². The second-order valence-corrected chi connectivity index (χ2v) is 7.96. The number of benzene rings is 2. The van der Waals surface area contributed by atoms with Gasteiger partial charge >= 0.3 is 6.18 Å². The molecule has 0 bridgehead atoms. The van der Waals surface area contributed by atoms with E-state index in [4.69, 9.17) is 14.2 Å². The fourth-order valence-electron chi connectivity index (χ4n) is 3.25. The summed E-state index contributed by atoms with van der Waals surface area (Å²) < 4.78 is 55.0. The number of aliphatic imine (C=N–C) groups is 1. The third-order valence-corrected chi connectivity index (χ3v) is 5.83. The standard InChI is InChI=1S/C22H23F3N2O4S/c1-29-17-10-14(11-18(30-2)20(17)31-3)12-19(28)27-8-5-9-32-21(27)26-16-7-4-6-15(13-16)22(23,24)25/h4,6-7,10-11,13H,5,8-9,12H2,1-3H3. The number of thioether (sulfide) groups is 1. The van der Waals surface area contributed by atoms with E-state index in [0.29, 0.717) is 34.5 Å². The Morgan fingerprint density at radius 1 is 1.09 bits per heavy atom. The number of rotatable bonds is 6. The average molecular weight is 468 g/mol. The lowest BCUT2D eigenvalue weighted by atomic mass is 10.1. The summed E-state index contributed by atoms with van der Waals surface area (Å²) in [4.78, 5) is 18.9. The van der Waals surface area contributed by atoms with E-state index in [-0.39, 0.29) is 18.0 Å². The van der Waals surface area contributed by atoms with E-state index in [1.54, 1.807) is 12.1 Å². The fourth-order valence-corrected chi connectivity index (χ4v) is 4.23. The largest absolute Gasteiger partial charge is 0.493 e. The number of amides is 1. The molecule has 6 nitrogen and oxygen atoms in total. The molecule has 172 valence electrons. The minimum atomic E-state index is -4.46. The van der Waals surface area contributed by atoms with Crippen LogP contribution in [-0.4, -0.2) is 49.6 Å². The maximum atomic E-state index is 13.1. The third kappa shape index (κ3) is 5.48. The van der Waals surface area contributed by atoms with Crippen molar-refractivity contribution in [1.82, 2.24) is 4.90 Å². The zero-order valence-corrected chi connectivity index (χ0v) is 18.7. The molecule has 1 fully saturated rings. The molecule has 2 aromatic rings. The number of carbonyl (C=O) groups excluding carboxylic acids is 1. The number of ether oxygens (including phenoxy) is 3. The molecule has 0 unspecified atom stereocenters. The Bertz CT molecular complexity index is 986. The molecule has 1 heterocycles. The van der Waals surface area contributed by atoms with Gasteiger partial charge in [-0.05, 0) is 42.3 Å². The molecule has 1 amide bonds. The van der Waals surface area contributed by atoms with E-state index < -0.39 is 11.7 Å². The second kappa shape index (κ2) is 10.2. The number of hydrogen-bond donors (Lipinski definition) is 0. The molecule has 0 N–H and O–H groups in total. The van der Waals surface area contributed by atoms with Crippen molar-refractivity contribution in [2.45, 2.75) is 19.0 Å². The van der Waals surface area contributed by atoms with Crippen molar-refractivity contribution in [2.24, 2.45) is 4.99 Å². The molecule has 1 aliphatic rings. The predicted octanol–water partition coefficient (Wildman–Crippen LogP) is 4.93. The number of alkyl halides is 3. The Hall–Kier alpha value is -2.88. The fraction of sp³-hybridized carbons (Fsp3) is 0.364. The Morgan fingerprint density at radius 2 is 1.78 bits per heavy atom. The maximum Gasteiger partial charge on any atom is 0.416 e. The van der Waals surface area contributed by atoms with Crippen molar-refractivity contribution >= 4 is 28.5 Å². The Kier molecular flexibility index (Phi) is 7.55. The lowest BCUT2D eigenvalue weighted by Crippen LogP contribution is -2.40. The van der Waals surface area contributed by atoms with Crippen molar-refractivity contribution in [3.8, 4) is 17.2 Å². The van der Waals surface area contributed by atoms with Gasteiger partial charge in [0.2, 0.25) is 11.7 Å². The van der Waals surface area contributed by atoms with E-state index in [9.17, 15) is 18.0 Å². The zero-order chi connectivity index (χ0) is 23.3. The lowest BCUT2D eigenvalue weighted by Gasteiger charge is -2.28. The number of methoxy groups -OCH3 is 3. The summed E-state index contributed by atoms with van der Waals surface area (Å²) in [5.41, 5.74) is 0.0174. The number of carbonyl (C=O) groups is 1. The first-order valence-corrected chi connectivity index (χ1v) is 10.7. The maximum absolute atomic E-state index is 13.1. The minimum absolute atomic E-state index is 0.0406. The van der Waals surface area contributed by atoms with Crippen LogP contribution in [-0.2, 0) is 17.4 Å². The molecule has 0 aliphatic carbocycles. The third-order valence-electron chi connectivity index (χ3n) is 4.77. The van der Waals surface area contributed by atoms with Gasteiger partial charge in [-0.2, -0.15) is 13.2 Å². The van der Waals surface area contributed by atoms with Crippen LogP contribution in [0.1, 0.15) is 17.5 Å². The summed E-state index contributed by atoms with van der Waals surface area (Å²) in [6.45, 7) is 0.439. The van der Waals surface area contributed by atoms with Crippen LogP contribution in [0, 0.1) is 0 Å². The Labute approximate surface area is 188 Å². The van der Waals surface area contributed by atoms with Gasteiger partial charge in [-0.15, -0.1) is 0 Å². The van der Waals surface area contributed by atoms with Crippen molar-refractivity contribution in [3.63, 3.8) is 0 Å². The number of hydrogen-bond acceptors (Lipinski definition) is 6. The van der Waals surface area contributed by atoms with E-state index in [2.05, 4.69) is 4.99 Å². The Balaban J connectivity index is 1.86. The van der Waals surface area contributed by atoms with Gasteiger partial charge in [-0.1, -0.05) is 17.8 Å². The number of halogens is 3. The van der Waals surface area contributed by atoms with Gasteiger partial charge in [0.15, 0.2) is 16.7 Å². The quantitative estimate of drug-likeness (QED) is 0.602. The highest BCUT2D eigenvalue weighted by Gasteiger charge is 2.31. The molecule has 32 heavy (non-hydrogen) atoms. The van der Waals surface area contributed by atoms with Gasteiger partial charge in [-0.3, -0.25) is 9.69 Å². The van der Waals surface area contributed by atoms with Gasteiger partial charge in [0, 0.05) is 12.3 Å². The SMILES string of the molecule is COc1cc(CC(=O)N2CCCSC2=Nc2cccc(C(F)(F)F)c2)cc(OC)c1OC. The molecule has 0 spiro atoms. The summed E-state index contributed by atoms with van der Waals surface area (Å²) >= 11 is 1.34. The topological polar surface area (TPSA) is 60.4 Å². The molecule has 0 aromatic heterocycles. The van der Waals surface area contributed by atoms with Crippen LogP contribution in [0.4, 0.5) is 18.9 Å². The second-order valence-electron chi connectivity index (χ2n) is 6.90. The van der Waals surface area contributed by atoms with Crippen LogP contribution in [0.2, 0.25) is 0 Å². The van der Waals surface area contributed by atoms with Crippen molar-refractivity contribution in [1.29, 1.82) is 0 Å². The van der Waals surface area contributed by atoms with Gasteiger partial charge < -0.3 is 14.2 Å². The molecule has 1 saturated heterocycles. The van der Waals surface area contributed by atoms with Gasteiger partial charge in [-0.25, -0.2) is 4.99 Å². The van der Waals surface area contributed by atoms with E-state index in [0.717, 1.165) is 24.3 Å². The lowest BCUT2D eigenvalue weighted by molar-refractivity contribution is -0.137. The molecule has 2 aromatic carbocycles. The van der Waals surface area contributed by atoms with Gasteiger partial charge in [0.1, 0.15) is 0 Å². The number of amidine groups is 1. The van der Waals surface area contributed by atoms with Crippen LogP contribution in [0.15, 0.2) is 41.4 Å². The van der Waals surface area contributed by atoms with Gasteiger partial charge in [0.25, 0.3) is 0 Å². The predicted molar refractivity (Wildman–Crippen MR) is 117 cm³/mol. The van der Waals surface area contributed by atoms with Crippen molar-refractivity contribution < 1.29 is 32.2 Å². The molecule has 0 saturated carbocycles. The van der Waals surface area contributed by atoms with E-state index in [1.165, 1.54) is 50.1 Å². The summed E-state index contributed by atoms with van der Waals surface area (Å²) in [6, 6.07) is 8.14.